The van der Waals surface area contributed by atoms with Crippen LogP contribution in [0.2, 0.25) is 0 Å². The van der Waals surface area contributed by atoms with Crippen molar-refractivity contribution in [2.24, 2.45) is 0 Å². The summed E-state index contributed by atoms with van der Waals surface area (Å²) in [5.41, 5.74) is 1.01. The number of hydrogen-bond acceptors (Lipinski definition) is 5. The van der Waals surface area contributed by atoms with Gasteiger partial charge in [-0.1, -0.05) is 5.21 Å². The molecule has 0 unspecified atom stereocenters. The van der Waals surface area contributed by atoms with Gasteiger partial charge >= 0.3 is 7.12 Å². The summed E-state index contributed by atoms with van der Waals surface area (Å²) < 4.78 is 15.0. The summed E-state index contributed by atoms with van der Waals surface area (Å²) in [6.07, 6.45) is 4.97. The zero-order valence-electron chi connectivity index (χ0n) is 9.36. The van der Waals surface area contributed by atoms with Crippen LogP contribution in [0, 0.1) is 5.95 Å². The molecule has 0 aliphatic heterocycles. The molecule has 8 heteroatoms. The molecule has 0 saturated heterocycles. The molecule has 6 nitrogen and oxygen atoms in total. The van der Waals surface area contributed by atoms with E-state index < -0.39 is 13.1 Å². The van der Waals surface area contributed by atoms with E-state index in [9.17, 15) is 4.39 Å². The van der Waals surface area contributed by atoms with Gasteiger partial charge in [0, 0.05) is 17.2 Å². The van der Waals surface area contributed by atoms with Gasteiger partial charge in [0.15, 0.2) is 0 Å². The lowest BCUT2D eigenvalue weighted by atomic mass is 9.80. The lowest BCUT2D eigenvalue weighted by molar-refractivity contribution is 0.422. The molecular formula is C10H10BFN4O2. The van der Waals surface area contributed by atoms with Crippen molar-refractivity contribution >= 4 is 12.6 Å². The van der Waals surface area contributed by atoms with Gasteiger partial charge in [0.1, 0.15) is 0 Å². The second kappa shape index (κ2) is 4.15. The van der Waals surface area contributed by atoms with E-state index in [1.54, 1.807) is 10.9 Å². The molecule has 2 aromatic heterocycles. The minimum Gasteiger partial charge on any atom is -0.423 e. The Morgan fingerprint density at radius 1 is 1.33 bits per heavy atom. The zero-order valence-corrected chi connectivity index (χ0v) is 9.36. The van der Waals surface area contributed by atoms with Crippen LogP contribution in [-0.4, -0.2) is 37.1 Å². The minimum atomic E-state index is -1.89. The summed E-state index contributed by atoms with van der Waals surface area (Å²) in [7, 11) is -1.89. The number of nitrogens with zero attached hydrogens (tertiary/aromatic N) is 4. The largest absolute Gasteiger partial charge is 0.493 e. The van der Waals surface area contributed by atoms with Gasteiger partial charge in [-0.25, -0.2) is 9.67 Å². The van der Waals surface area contributed by atoms with Crippen LogP contribution in [0.25, 0.3) is 11.3 Å². The average molecular weight is 248 g/mol. The molecular weight excluding hydrogens is 238 g/mol. The Morgan fingerprint density at radius 3 is 2.78 bits per heavy atom. The molecule has 0 radical (unpaired) electrons. The summed E-state index contributed by atoms with van der Waals surface area (Å²) in [6, 6.07) is 1.68. The molecule has 1 saturated carbocycles. The molecule has 0 bridgehead atoms. The lowest BCUT2D eigenvalue weighted by Crippen LogP contribution is -2.33. The van der Waals surface area contributed by atoms with Crippen molar-refractivity contribution in [2.45, 2.75) is 18.9 Å². The monoisotopic (exact) mass is 248 g/mol. The maximum absolute atomic E-state index is 13.3. The molecule has 2 N–H and O–H groups in total. The molecule has 0 amide bonds. The van der Waals surface area contributed by atoms with Gasteiger partial charge < -0.3 is 10.0 Å². The van der Waals surface area contributed by atoms with Crippen molar-refractivity contribution in [3.05, 3.63) is 24.4 Å². The van der Waals surface area contributed by atoms with Gasteiger partial charge in [-0.2, -0.15) is 4.39 Å². The molecule has 1 aliphatic rings. The maximum Gasteiger partial charge on any atom is 0.493 e. The molecule has 3 rings (SSSR count). The fourth-order valence-corrected chi connectivity index (χ4v) is 1.83. The van der Waals surface area contributed by atoms with Crippen LogP contribution in [0.4, 0.5) is 4.39 Å². The van der Waals surface area contributed by atoms with E-state index in [2.05, 4.69) is 15.3 Å². The number of rotatable bonds is 3. The predicted octanol–water partition coefficient (Wildman–Crippen LogP) is -0.506. The number of aromatic nitrogens is 4. The standard InChI is InChI=1S/C10H10BFN4O2/c12-10-8(11(17)18)3-6(4-13-10)9-5-14-15-16(9)7-1-2-7/h3-5,7,17-18H,1-2H2. The van der Waals surface area contributed by atoms with Crippen LogP contribution < -0.4 is 5.46 Å². The van der Waals surface area contributed by atoms with E-state index in [0.717, 1.165) is 12.8 Å². The van der Waals surface area contributed by atoms with Crippen molar-refractivity contribution in [3.8, 4) is 11.3 Å². The van der Waals surface area contributed by atoms with Crippen LogP contribution in [0.5, 0.6) is 0 Å². The van der Waals surface area contributed by atoms with Crippen LogP contribution in [0.1, 0.15) is 18.9 Å². The Bertz CT molecular complexity index is 585. The van der Waals surface area contributed by atoms with E-state index >= 15 is 0 Å². The maximum atomic E-state index is 13.3. The molecule has 92 valence electrons. The van der Waals surface area contributed by atoms with E-state index in [0.29, 0.717) is 17.3 Å². The van der Waals surface area contributed by atoms with Crippen molar-refractivity contribution in [1.29, 1.82) is 0 Å². The van der Waals surface area contributed by atoms with Gasteiger partial charge in [-0.15, -0.1) is 5.10 Å². The molecule has 18 heavy (non-hydrogen) atoms. The fraction of sp³-hybridized carbons (Fsp3) is 0.300. The number of halogens is 1. The third-order valence-electron chi connectivity index (χ3n) is 2.91. The molecule has 2 heterocycles. The number of pyridine rings is 1. The first-order valence-electron chi connectivity index (χ1n) is 5.59. The first-order chi connectivity index (χ1) is 8.66. The second-order valence-corrected chi connectivity index (χ2v) is 4.27. The van der Waals surface area contributed by atoms with E-state index in [-0.39, 0.29) is 5.46 Å². The lowest BCUT2D eigenvalue weighted by Gasteiger charge is -2.06. The van der Waals surface area contributed by atoms with Gasteiger partial charge in [-0.3, -0.25) is 0 Å². The van der Waals surface area contributed by atoms with Crippen molar-refractivity contribution in [3.63, 3.8) is 0 Å². The summed E-state index contributed by atoms with van der Waals surface area (Å²) >= 11 is 0. The van der Waals surface area contributed by atoms with Crippen LogP contribution in [0.15, 0.2) is 18.5 Å². The summed E-state index contributed by atoms with van der Waals surface area (Å²) in [5.74, 6) is -0.890. The van der Waals surface area contributed by atoms with Crippen LogP contribution in [0.3, 0.4) is 0 Å². The van der Waals surface area contributed by atoms with Gasteiger partial charge in [-0.05, 0) is 18.9 Å². The van der Waals surface area contributed by atoms with Gasteiger partial charge in [0.2, 0.25) is 5.95 Å². The Morgan fingerprint density at radius 2 is 2.11 bits per heavy atom. The van der Waals surface area contributed by atoms with Gasteiger partial charge in [0.05, 0.1) is 17.9 Å². The average Bonchev–Trinajstić information content (AvgIpc) is 3.08. The fourth-order valence-electron chi connectivity index (χ4n) is 1.83. The Labute approximate surface area is 102 Å². The van der Waals surface area contributed by atoms with Crippen molar-refractivity contribution in [1.82, 2.24) is 20.0 Å². The molecule has 0 atom stereocenters. The molecule has 0 spiro atoms. The Balaban J connectivity index is 2.05. The summed E-state index contributed by atoms with van der Waals surface area (Å²) in [4.78, 5) is 3.52. The first-order valence-corrected chi connectivity index (χ1v) is 5.59. The molecule has 2 aromatic rings. The highest BCUT2D eigenvalue weighted by Crippen LogP contribution is 2.36. The highest BCUT2D eigenvalue weighted by Gasteiger charge is 2.28. The van der Waals surface area contributed by atoms with E-state index in [1.807, 2.05) is 0 Å². The highest BCUT2D eigenvalue weighted by molar-refractivity contribution is 6.58. The third-order valence-corrected chi connectivity index (χ3v) is 2.91. The second-order valence-electron chi connectivity index (χ2n) is 4.27. The van der Waals surface area contributed by atoms with Crippen LogP contribution >= 0.6 is 0 Å². The summed E-state index contributed by atoms with van der Waals surface area (Å²) in [5, 5.41) is 25.9. The minimum absolute atomic E-state index is 0.254. The van der Waals surface area contributed by atoms with E-state index in [4.69, 9.17) is 10.0 Å². The quantitative estimate of drug-likeness (QED) is 0.564. The van der Waals surface area contributed by atoms with Crippen molar-refractivity contribution in [2.75, 3.05) is 0 Å². The number of hydrogen-bond donors (Lipinski definition) is 2. The first kappa shape index (κ1) is 11.3. The zero-order chi connectivity index (χ0) is 12.7. The van der Waals surface area contributed by atoms with Crippen LogP contribution in [-0.2, 0) is 0 Å². The molecule has 1 fully saturated rings. The smallest absolute Gasteiger partial charge is 0.423 e. The van der Waals surface area contributed by atoms with E-state index in [1.165, 1.54) is 12.3 Å². The summed E-state index contributed by atoms with van der Waals surface area (Å²) in [6.45, 7) is 0. The highest BCUT2D eigenvalue weighted by atomic mass is 19.1. The topological polar surface area (TPSA) is 84.1 Å². The SMILES string of the molecule is OB(O)c1cc(-c2cnnn2C2CC2)cnc1F. The van der Waals surface area contributed by atoms with Gasteiger partial charge in [0.25, 0.3) is 0 Å². The molecule has 1 aliphatic carbocycles. The normalized spacial score (nSPS) is 14.8. The van der Waals surface area contributed by atoms with Crippen molar-refractivity contribution < 1.29 is 14.4 Å². The Hall–Kier alpha value is -1.80. The predicted molar refractivity (Wildman–Crippen MR) is 61.3 cm³/mol. The molecule has 0 aromatic carbocycles. The third kappa shape index (κ3) is 1.89. The Kier molecular flexibility index (Phi) is 2.60.